The molecule has 1 heterocycles. The van der Waals surface area contributed by atoms with Gasteiger partial charge in [-0.2, -0.15) is 0 Å². The average Bonchev–Trinajstić information content (AvgIpc) is 3.14. The van der Waals surface area contributed by atoms with Crippen LogP contribution < -0.4 is 0 Å². The van der Waals surface area contributed by atoms with Gasteiger partial charge in [-0.05, 0) is 106 Å². The standard InChI is InChI=1S/C29H45F2NO2/c1-19(18-32-13-10-21(11-14-32)17-28(30)31)24-8-9-25-23(5-4-12-29(24,25)3)7-6-22-15-26(33)20(2)27(34)16-22/h6-7,19,21,24-28,33-34H,2,4-5,8-18H2,1,3H3/b23-7+/t19-,24-,25+,26-,27-,29-/m1/s1. The number of piperidine rings is 1. The number of hydrogen-bond donors (Lipinski definition) is 2. The second-order valence-electron chi connectivity index (χ2n) is 12.0. The van der Waals surface area contributed by atoms with Gasteiger partial charge in [-0.3, -0.25) is 0 Å². The van der Waals surface area contributed by atoms with E-state index in [9.17, 15) is 19.0 Å². The van der Waals surface area contributed by atoms with E-state index in [1.165, 1.54) is 25.7 Å². The highest BCUT2D eigenvalue weighted by Crippen LogP contribution is 2.59. The number of allylic oxidation sites excluding steroid dienone is 3. The predicted octanol–water partition coefficient (Wildman–Crippen LogP) is 6.13. The smallest absolute Gasteiger partial charge is 0.238 e. The highest BCUT2D eigenvalue weighted by atomic mass is 19.3. The van der Waals surface area contributed by atoms with Crippen molar-refractivity contribution in [1.29, 1.82) is 0 Å². The Morgan fingerprint density at radius 3 is 2.41 bits per heavy atom. The van der Waals surface area contributed by atoms with Gasteiger partial charge < -0.3 is 15.1 Å². The molecule has 34 heavy (non-hydrogen) atoms. The number of likely N-dealkylation sites (tertiary alicyclic amines) is 1. The summed E-state index contributed by atoms with van der Waals surface area (Å²) in [4.78, 5) is 2.53. The van der Waals surface area contributed by atoms with Crippen molar-refractivity contribution < 1.29 is 19.0 Å². The molecular weight excluding hydrogens is 432 g/mol. The van der Waals surface area contributed by atoms with E-state index in [4.69, 9.17) is 0 Å². The van der Waals surface area contributed by atoms with Crippen molar-refractivity contribution in [2.75, 3.05) is 19.6 Å². The summed E-state index contributed by atoms with van der Waals surface area (Å²) < 4.78 is 25.5. The molecule has 2 N–H and O–H groups in total. The maximum Gasteiger partial charge on any atom is 0.238 e. The van der Waals surface area contributed by atoms with Gasteiger partial charge in [0.15, 0.2) is 0 Å². The SMILES string of the molecule is C=C1[C@H](O)CC(=C/C=C2\CCC[C@]3(C)[C@@H]([C@H](C)CN4CCC(CC(F)F)CC4)CC[C@@H]23)C[C@H]1O. The molecule has 3 nitrogen and oxygen atoms in total. The molecule has 0 aromatic heterocycles. The predicted molar refractivity (Wildman–Crippen MR) is 134 cm³/mol. The van der Waals surface area contributed by atoms with Crippen molar-refractivity contribution in [3.8, 4) is 0 Å². The average molecular weight is 478 g/mol. The number of halogens is 2. The van der Waals surface area contributed by atoms with Crippen molar-refractivity contribution >= 4 is 0 Å². The molecule has 4 aliphatic rings. The van der Waals surface area contributed by atoms with E-state index in [0.29, 0.717) is 41.6 Å². The third-order valence-electron chi connectivity index (χ3n) is 9.79. The maximum absolute atomic E-state index is 12.7. The molecule has 4 rings (SSSR count). The summed E-state index contributed by atoms with van der Waals surface area (Å²) in [6, 6.07) is 0. The van der Waals surface area contributed by atoms with Gasteiger partial charge in [0, 0.05) is 13.0 Å². The van der Waals surface area contributed by atoms with Crippen LogP contribution in [0.4, 0.5) is 8.78 Å². The summed E-state index contributed by atoms with van der Waals surface area (Å²) >= 11 is 0. The van der Waals surface area contributed by atoms with E-state index in [1.807, 2.05) is 0 Å². The first-order valence-electron chi connectivity index (χ1n) is 13.6. The lowest BCUT2D eigenvalue weighted by molar-refractivity contribution is 0.0566. The zero-order valence-electron chi connectivity index (χ0n) is 21.2. The minimum absolute atomic E-state index is 0.0731. The number of nitrogens with zero attached hydrogens (tertiary/aromatic N) is 1. The molecule has 0 spiro atoms. The third-order valence-corrected chi connectivity index (χ3v) is 9.79. The van der Waals surface area contributed by atoms with E-state index in [0.717, 1.165) is 44.5 Å². The first kappa shape index (κ1) is 26.0. The van der Waals surface area contributed by atoms with Crippen molar-refractivity contribution in [1.82, 2.24) is 4.90 Å². The van der Waals surface area contributed by atoms with Crippen LogP contribution in [0.25, 0.3) is 0 Å². The quantitative estimate of drug-likeness (QED) is 0.452. The molecule has 0 unspecified atom stereocenters. The molecule has 0 aromatic carbocycles. The Kier molecular flexibility index (Phi) is 8.36. The molecule has 5 heteroatoms. The van der Waals surface area contributed by atoms with Crippen LogP contribution in [0.15, 0.2) is 35.5 Å². The molecule has 0 amide bonds. The van der Waals surface area contributed by atoms with Crippen molar-refractivity contribution in [2.45, 2.75) is 96.7 Å². The molecular formula is C29H45F2NO2. The number of aliphatic hydroxyl groups is 2. The van der Waals surface area contributed by atoms with E-state index < -0.39 is 18.6 Å². The first-order chi connectivity index (χ1) is 16.2. The lowest BCUT2D eigenvalue weighted by Crippen LogP contribution is -2.42. The minimum Gasteiger partial charge on any atom is -0.388 e. The summed E-state index contributed by atoms with van der Waals surface area (Å²) in [7, 11) is 0. The monoisotopic (exact) mass is 477 g/mol. The largest absolute Gasteiger partial charge is 0.388 e. The van der Waals surface area contributed by atoms with Crippen LogP contribution in [0.2, 0.25) is 0 Å². The van der Waals surface area contributed by atoms with Gasteiger partial charge in [0.25, 0.3) is 0 Å². The zero-order valence-corrected chi connectivity index (χ0v) is 21.2. The lowest BCUT2D eigenvalue weighted by atomic mass is 9.61. The molecule has 1 saturated heterocycles. The van der Waals surface area contributed by atoms with Gasteiger partial charge in [0.1, 0.15) is 0 Å². The van der Waals surface area contributed by atoms with Crippen LogP contribution in [0.5, 0.6) is 0 Å². The normalized spacial score (nSPS) is 37.9. The number of hydrogen-bond acceptors (Lipinski definition) is 3. The molecule has 0 radical (unpaired) electrons. The van der Waals surface area contributed by atoms with Crippen LogP contribution in [-0.4, -0.2) is 53.4 Å². The van der Waals surface area contributed by atoms with Crippen molar-refractivity contribution in [3.05, 3.63) is 35.5 Å². The lowest BCUT2D eigenvalue weighted by Gasteiger charge is -2.45. The van der Waals surface area contributed by atoms with E-state index in [-0.39, 0.29) is 12.3 Å². The topological polar surface area (TPSA) is 43.7 Å². The zero-order chi connectivity index (χ0) is 24.5. The number of alkyl halides is 2. The summed E-state index contributed by atoms with van der Waals surface area (Å²) in [6.07, 6.45) is 10.3. The Hall–Kier alpha value is -1.04. The number of rotatable bonds is 6. The number of aliphatic hydroxyl groups excluding tert-OH is 2. The summed E-state index contributed by atoms with van der Waals surface area (Å²) in [6.45, 7) is 11.8. The fourth-order valence-corrected chi connectivity index (χ4v) is 7.83. The van der Waals surface area contributed by atoms with Crippen molar-refractivity contribution in [2.24, 2.45) is 29.1 Å². The highest BCUT2D eigenvalue weighted by Gasteiger charge is 2.50. The third kappa shape index (κ3) is 5.68. The molecule has 3 saturated carbocycles. The second-order valence-corrected chi connectivity index (χ2v) is 12.0. The molecule has 3 aliphatic carbocycles. The van der Waals surface area contributed by atoms with Gasteiger partial charge in [0.2, 0.25) is 6.43 Å². The van der Waals surface area contributed by atoms with E-state index in [1.54, 1.807) is 5.57 Å². The summed E-state index contributed by atoms with van der Waals surface area (Å²) in [5.41, 5.74) is 3.54. The van der Waals surface area contributed by atoms with E-state index in [2.05, 4.69) is 37.5 Å². The molecule has 0 aromatic rings. The second kappa shape index (κ2) is 10.9. The van der Waals surface area contributed by atoms with Crippen molar-refractivity contribution in [3.63, 3.8) is 0 Å². The fourth-order valence-electron chi connectivity index (χ4n) is 7.83. The van der Waals surface area contributed by atoms with Gasteiger partial charge in [0.05, 0.1) is 12.2 Å². The van der Waals surface area contributed by atoms with Crippen LogP contribution >= 0.6 is 0 Å². The molecule has 4 fully saturated rings. The summed E-state index contributed by atoms with van der Waals surface area (Å²) in [5, 5.41) is 20.3. The Morgan fingerprint density at radius 1 is 1.09 bits per heavy atom. The Morgan fingerprint density at radius 2 is 1.76 bits per heavy atom. The van der Waals surface area contributed by atoms with Crippen LogP contribution in [0, 0.1) is 29.1 Å². The minimum atomic E-state index is -2.16. The Balaban J connectivity index is 1.37. The molecule has 0 bridgehead atoms. The first-order valence-corrected chi connectivity index (χ1v) is 13.6. The Bertz CT molecular complexity index is 769. The van der Waals surface area contributed by atoms with Gasteiger partial charge in [-0.15, -0.1) is 0 Å². The fraction of sp³-hybridized carbons (Fsp3) is 0.793. The summed E-state index contributed by atoms with van der Waals surface area (Å²) in [5.74, 6) is 2.14. The maximum atomic E-state index is 12.7. The highest BCUT2D eigenvalue weighted by molar-refractivity contribution is 5.29. The van der Waals surface area contributed by atoms with Gasteiger partial charge in [-0.1, -0.05) is 43.7 Å². The number of fused-ring (bicyclic) bond motifs is 1. The Labute approximate surface area is 205 Å². The van der Waals surface area contributed by atoms with Gasteiger partial charge >= 0.3 is 0 Å². The molecule has 6 atom stereocenters. The van der Waals surface area contributed by atoms with Crippen LogP contribution in [0.3, 0.4) is 0 Å². The van der Waals surface area contributed by atoms with Gasteiger partial charge in [-0.25, -0.2) is 8.78 Å². The van der Waals surface area contributed by atoms with Crippen LogP contribution in [-0.2, 0) is 0 Å². The molecule has 192 valence electrons. The molecule has 1 aliphatic heterocycles. The van der Waals surface area contributed by atoms with Crippen LogP contribution in [0.1, 0.15) is 78.1 Å². The van der Waals surface area contributed by atoms with E-state index >= 15 is 0 Å².